The maximum Gasteiger partial charge on any atom is 0.239 e. The molecule has 1 heterocycles. The van der Waals surface area contributed by atoms with Gasteiger partial charge in [0.25, 0.3) is 0 Å². The van der Waals surface area contributed by atoms with Crippen LogP contribution in [0.5, 0.6) is 0 Å². The minimum absolute atomic E-state index is 0.149. The van der Waals surface area contributed by atoms with Gasteiger partial charge >= 0.3 is 0 Å². The highest BCUT2D eigenvalue weighted by atomic mass is 16.2. The Morgan fingerprint density at radius 3 is 2.70 bits per heavy atom. The zero-order valence-electron chi connectivity index (χ0n) is 5.58. The van der Waals surface area contributed by atoms with Crippen LogP contribution in [0.15, 0.2) is 0 Å². The number of hydrogen-bond donors (Lipinski definition) is 3. The van der Waals surface area contributed by atoms with E-state index in [9.17, 15) is 4.79 Å². The highest BCUT2D eigenvalue weighted by Crippen LogP contribution is 2.06. The molecule has 5 heteroatoms. The number of nitrogens with two attached hydrogens (primary N) is 2. The number of amides is 1. The average Bonchev–Trinajstić information content (AvgIpc) is 2.34. The van der Waals surface area contributed by atoms with Crippen LogP contribution in [0, 0.1) is 5.92 Å². The number of nitrogens with zero attached hydrogens (tertiary/aromatic N) is 1. The van der Waals surface area contributed by atoms with E-state index < -0.39 is 0 Å². The molecule has 1 amide bonds. The first-order chi connectivity index (χ1) is 4.75. The summed E-state index contributed by atoms with van der Waals surface area (Å²) in [6.45, 7) is 1.07. The number of carbonyl (C=O) groups excluding carboxylic acids is 1. The summed E-state index contributed by atoms with van der Waals surface area (Å²) in [4.78, 5) is 10.8. The second-order valence-corrected chi connectivity index (χ2v) is 2.37. The van der Waals surface area contributed by atoms with E-state index in [1.165, 1.54) is 0 Å². The standard InChI is InChI=1S/C5H11N4O/c6-4-2-8-1-3(4)5(10)9-7/h3-4H,1-2,6-7H2,(H,9,10). The Morgan fingerprint density at radius 1 is 1.60 bits per heavy atom. The lowest BCUT2D eigenvalue weighted by atomic mass is 10.0. The Kier molecular flexibility index (Phi) is 2.21. The lowest BCUT2D eigenvalue weighted by molar-refractivity contribution is -0.124. The number of carbonyl (C=O) groups is 1. The van der Waals surface area contributed by atoms with E-state index in [2.05, 4.69) is 10.7 Å². The molecule has 0 aromatic heterocycles. The normalized spacial score (nSPS) is 32.2. The van der Waals surface area contributed by atoms with E-state index in [0.717, 1.165) is 0 Å². The molecule has 0 aromatic carbocycles. The first-order valence-electron chi connectivity index (χ1n) is 3.15. The monoisotopic (exact) mass is 143 g/mol. The minimum atomic E-state index is -0.218. The first kappa shape index (κ1) is 7.46. The van der Waals surface area contributed by atoms with Crippen LogP contribution in [-0.2, 0) is 4.79 Å². The van der Waals surface area contributed by atoms with Crippen molar-refractivity contribution in [3.05, 3.63) is 0 Å². The molecule has 1 saturated heterocycles. The van der Waals surface area contributed by atoms with E-state index in [4.69, 9.17) is 11.6 Å². The van der Waals surface area contributed by atoms with Gasteiger partial charge < -0.3 is 5.73 Å². The molecule has 0 spiro atoms. The van der Waals surface area contributed by atoms with Crippen molar-refractivity contribution < 1.29 is 4.79 Å². The molecule has 1 radical (unpaired) electrons. The molecular formula is C5H11N4O. The van der Waals surface area contributed by atoms with Gasteiger partial charge in [-0.25, -0.2) is 11.2 Å². The van der Waals surface area contributed by atoms with Crippen LogP contribution in [0.25, 0.3) is 0 Å². The average molecular weight is 143 g/mol. The summed E-state index contributed by atoms with van der Waals surface area (Å²) in [5.41, 5.74) is 7.60. The van der Waals surface area contributed by atoms with E-state index in [-0.39, 0.29) is 17.9 Å². The SMILES string of the molecule is NNC(=O)C1C[N]CC1N. The maximum atomic E-state index is 10.8. The molecule has 0 saturated carbocycles. The zero-order chi connectivity index (χ0) is 7.56. The molecule has 1 rings (SSSR count). The summed E-state index contributed by atoms with van der Waals surface area (Å²) in [6, 6.07) is -0.149. The van der Waals surface area contributed by atoms with Gasteiger partial charge in [0.05, 0.1) is 5.92 Å². The fourth-order valence-corrected chi connectivity index (χ4v) is 1.01. The summed E-state index contributed by atoms with van der Waals surface area (Å²) in [6.07, 6.45) is 0. The molecule has 1 aliphatic rings. The third-order valence-electron chi connectivity index (χ3n) is 1.66. The summed E-state index contributed by atoms with van der Waals surface area (Å²) in [7, 11) is 0. The van der Waals surface area contributed by atoms with Gasteiger partial charge in [0, 0.05) is 19.1 Å². The molecule has 10 heavy (non-hydrogen) atoms. The van der Waals surface area contributed by atoms with Crippen molar-refractivity contribution in [2.45, 2.75) is 6.04 Å². The molecule has 1 aliphatic heterocycles. The molecule has 0 aliphatic carbocycles. The Labute approximate surface area is 59.1 Å². The Hall–Kier alpha value is -0.650. The fraction of sp³-hybridized carbons (Fsp3) is 0.800. The second-order valence-electron chi connectivity index (χ2n) is 2.37. The predicted molar refractivity (Wildman–Crippen MR) is 35.7 cm³/mol. The molecule has 57 valence electrons. The highest BCUT2D eigenvalue weighted by molar-refractivity contribution is 5.79. The lowest BCUT2D eigenvalue weighted by Gasteiger charge is -2.10. The molecule has 2 atom stereocenters. The Morgan fingerprint density at radius 2 is 2.30 bits per heavy atom. The maximum absolute atomic E-state index is 10.8. The van der Waals surface area contributed by atoms with Crippen LogP contribution in [-0.4, -0.2) is 25.0 Å². The topological polar surface area (TPSA) is 95.2 Å². The lowest BCUT2D eigenvalue weighted by Crippen LogP contribution is -2.43. The zero-order valence-corrected chi connectivity index (χ0v) is 5.58. The second kappa shape index (κ2) is 2.96. The number of hydrogen-bond acceptors (Lipinski definition) is 3. The summed E-state index contributed by atoms with van der Waals surface area (Å²) in [5.74, 6) is 4.49. The van der Waals surface area contributed by atoms with Gasteiger partial charge in [-0.2, -0.15) is 0 Å². The van der Waals surface area contributed by atoms with Crippen molar-refractivity contribution in [1.82, 2.24) is 10.7 Å². The van der Waals surface area contributed by atoms with Crippen LogP contribution >= 0.6 is 0 Å². The van der Waals surface area contributed by atoms with Crippen molar-refractivity contribution in [3.63, 3.8) is 0 Å². The smallest absolute Gasteiger partial charge is 0.239 e. The van der Waals surface area contributed by atoms with Crippen LogP contribution in [0.3, 0.4) is 0 Å². The van der Waals surface area contributed by atoms with Crippen molar-refractivity contribution in [2.75, 3.05) is 13.1 Å². The molecule has 5 nitrogen and oxygen atoms in total. The van der Waals surface area contributed by atoms with Crippen molar-refractivity contribution in [2.24, 2.45) is 17.5 Å². The number of nitrogens with one attached hydrogen (secondary N) is 1. The predicted octanol–water partition coefficient (Wildman–Crippen LogP) is -2.46. The Bertz CT molecular complexity index is 138. The van der Waals surface area contributed by atoms with Gasteiger partial charge in [0.2, 0.25) is 5.91 Å². The number of rotatable bonds is 1. The molecule has 0 aromatic rings. The molecule has 5 N–H and O–H groups in total. The minimum Gasteiger partial charge on any atom is -0.326 e. The first-order valence-corrected chi connectivity index (χ1v) is 3.15. The van der Waals surface area contributed by atoms with Gasteiger partial charge in [0.15, 0.2) is 0 Å². The van der Waals surface area contributed by atoms with Crippen LogP contribution in [0.1, 0.15) is 0 Å². The number of hydrazine groups is 1. The van der Waals surface area contributed by atoms with Crippen molar-refractivity contribution >= 4 is 5.91 Å². The van der Waals surface area contributed by atoms with E-state index >= 15 is 0 Å². The van der Waals surface area contributed by atoms with Crippen LogP contribution < -0.4 is 22.3 Å². The van der Waals surface area contributed by atoms with Crippen molar-refractivity contribution in [1.29, 1.82) is 0 Å². The molecule has 1 fully saturated rings. The van der Waals surface area contributed by atoms with E-state index in [1.807, 2.05) is 0 Å². The van der Waals surface area contributed by atoms with Gasteiger partial charge in [-0.05, 0) is 0 Å². The van der Waals surface area contributed by atoms with Gasteiger partial charge in [0.1, 0.15) is 0 Å². The summed E-state index contributed by atoms with van der Waals surface area (Å²) >= 11 is 0. The third-order valence-corrected chi connectivity index (χ3v) is 1.66. The molecular weight excluding hydrogens is 132 g/mol. The van der Waals surface area contributed by atoms with Gasteiger partial charge in [-0.15, -0.1) is 0 Å². The largest absolute Gasteiger partial charge is 0.326 e. The van der Waals surface area contributed by atoms with Crippen LogP contribution in [0.4, 0.5) is 0 Å². The molecule has 2 unspecified atom stereocenters. The summed E-state index contributed by atoms with van der Waals surface area (Å²) in [5, 5.41) is 3.97. The van der Waals surface area contributed by atoms with Crippen LogP contribution in [0.2, 0.25) is 0 Å². The van der Waals surface area contributed by atoms with E-state index in [0.29, 0.717) is 13.1 Å². The molecule has 0 bridgehead atoms. The quantitative estimate of drug-likeness (QED) is 0.216. The summed E-state index contributed by atoms with van der Waals surface area (Å²) < 4.78 is 0. The van der Waals surface area contributed by atoms with Gasteiger partial charge in [-0.1, -0.05) is 0 Å². The van der Waals surface area contributed by atoms with Crippen molar-refractivity contribution in [3.8, 4) is 0 Å². The van der Waals surface area contributed by atoms with E-state index in [1.54, 1.807) is 0 Å². The highest BCUT2D eigenvalue weighted by Gasteiger charge is 2.30. The van der Waals surface area contributed by atoms with Gasteiger partial charge in [-0.3, -0.25) is 10.2 Å². The third kappa shape index (κ3) is 1.26. The Balaban J connectivity index is 2.46. The fourth-order valence-electron chi connectivity index (χ4n) is 1.01.